The molecule has 0 bridgehead atoms. The number of hydrogen-bond donors (Lipinski definition) is 11. The summed E-state index contributed by atoms with van der Waals surface area (Å²) < 4.78 is 22.8. The summed E-state index contributed by atoms with van der Waals surface area (Å²) in [4.78, 5) is 12.0. The smallest absolute Gasteiger partial charge is 0.325 e. The van der Waals surface area contributed by atoms with Crippen molar-refractivity contribution < 1.29 is 79.9 Å². The highest BCUT2D eigenvalue weighted by Crippen LogP contribution is 2.11. The monoisotopic (exact) mass is 660 g/mol. The van der Waals surface area contributed by atoms with Crippen molar-refractivity contribution in [3.8, 4) is 0 Å². The molecule has 0 fully saturated rings. The molecule has 20 heteroatoms. The molecular formula is C25H48N4O16. The van der Waals surface area contributed by atoms with Crippen LogP contribution in [0.3, 0.4) is 0 Å². The zero-order valence-electron chi connectivity index (χ0n) is 24.8. The van der Waals surface area contributed by atoms with E-state index in [1.54, 1.807) is 0 Å². The molecule has 45 heavy (non-hydrogen) atoms. The van der Waals surface area contributed by atoms with E-state index in [0.29, 0.717) is 5.69 Å². The van der Waals surface area contributed by atoms with E-state index in [-0.39, 0.29) is 65.9 Å². The van der Waals surface area contributed by atoms with Crippen LogP contribution >= 0.6 is 0 Å². The zero-order valence-corrected chi connectivity index (χ0v) is 24.8. The first-order valence-electron chi connectivity index (χ1n) is 14.2. The average molecular weight is 661 g/mol. The molecule has 0 saturated heterocycles. The maximum atomic E-state index is 10.6. The van der Waals surface area contributed by atoms with Crippen LogP contribution in [-0.4, -0.2) is 210 Å². The summed E-state index contributed by atoms with van der Waals surface area (Å²) in [7, 11) is 0. The van der Waals surface area contributed by atoms with Gasteiger partial charge in [-0.15, -0.1) is 5.10 Å². The van der Waals surface area contributed by atoms with Crippen molar-refractivity contribution >= 4 is 5.97 Å². The number of aromatic nitrogens is 3. The van der Waals surface area contributed by atoms with Crippen molar-refractivity contribution in [3.05, 3.63) is 11.9 Å². The van der Waals surface area contributed by atoms with Crippen LogP contribution in [0.5, 0.6) is 0 Å². The van der Waals surface area contributed by atoms with Gasteiger partial charge in [0.2, 0.25) is 0 Å². The van der Waals surface area contributed by atoms with Crippen molar-refractivity contribution in [2.75, 3.05) is 79.1 Å². The van der Waals surface area contributed by atoms with Crippen LogP contribution in [0.1, 0.15) is 5.69 Å². The second kappa shape index (κ2) is 23.3. The van der Waals surface area contributed by atoms with Crippen LogP contribution < -0.4 is 0 Å². The van der Waals surface area contributed by atoms with E-state index in [1.807, 2.05) is 0 Å². The summed E-state index contributed by atoms with van der Waals surface area (Å²) >= 11 is 0. The van der Waals surface area contributed by atoms with Crippen LogP contribution in [0.25, 0.3) is 0 Å². The SMILES string of the molecule is O=C(O)Cn1cc(COCCOCCOCCOCCN(C[C@H](O)[C@@H](O)[C@H](O)[C@H](O)CO)C[C@H](O)[C@@H](O)[C@H](O)[C@H](O)CO)nn1. The van der Waals surface area contributed by atoms with Gasteiger partial charge < -0.3 is 75.1 Å². The second-order valence-electron chi connectivity index (χ2n) is 10.0. The lowest BCUT2D eigenvalue weighted by Crippen LogP contribution is -2.53. The van der Waals surface area contributed by atoms with Gasteiger partial charge >= 0.3 is 5.97 Å². The minimum absolute atomic E-state index is 0.0177. The fourth-order valence-electron chi connectivity index (χ4n) is 3.78. The number of aliphatic hydroxyl groups excluding tert-OH is 10. The number of ether oxygens (including phenoxy) is 4. The lowest BCUT2D eigenvalue weighted by Gasteiger charge is -2.33. The van der Waals surface area contributed by atoms with Crippen LogP contribution in [-0.2, 0) is 36.9 Å². The molecule has 1 aromatic heterocycles. The van der Waals surface area contributed by atoms with Crippen molar-refractivity contribution in [2.45, 2.75) is 62.0 Å². The van der Waals surface area contributed by atoms with E-state index < -0.39 is 81.1 Å². The van der Waals surface area contributed by atoms with Crippen LogP contribution in [0, 0.1) is 0 Å². The Kier molecular flexibility index (Phi) is 21.3. The summed E-state index contributed by atoms with van der Waals surface area (Å²) in [5.41, 5.74) is 0.485. The quantitative estimate of drug-likeness (QED) is 0.0372. The first-order chi connectivity index (χ1) is 21.4. The van der Waals surface area contributed by atoms with E-state index >= 15 is 0 Å². The van der Waals surface area contributed by atoms with Crippen LogP contribution in [0.4, 0.5) is 0 Å². The predicted octanol–water partition coefficient (Wildman–Crippen LogP) is -6.90. The fourth-order valence-corrected chi connectivity index (χ4v) is 3.78. The Morgan fingerprint density at radius 1 is 0.689 bits per heavy atom. The first kappa shape index (κ1) is 41.0. The van der Waals surface area contributed by atoms with Crippen molar-refractivity contribution in [1.29, 1.82) is 0 Å². The number of aliphatic hydroxyl groups is 10. The lowest BCUT2D eigenvalue weighted by molar-refractivity contribution is -0.137. The Balaban J connectivity index is 2.33. The maximum absolute atomic E-state index is 10.6. The van der Waals surface area contributed by atoms with E-state index in [0.717, 1.165) is 0 Å². The summed E-state index contributed by atoms with van der Waals surface area (Å²) in [5, 5.41) is 114. The minimum atomic E-state index is -1.88. The van der Waals surface area contributed by atoms with Crippen molar-refractivity contribution in [1.82, 2.24) is 19.9 Å². The number of carboxylic acids is 1. The average Bonchev–Trinajstić information content (AvgIpc) is 3.46. The molecule has 0 aromatic carbocycles. The molecule has 8 atom stereocenters. The van der Waals surface area contributed by atoms with Gasteiger partial charge in [-0.3, -0.25) is 9.69 Å². The predicted molar refractivity (Wildman–Crippen MR) is 148 cm³/mol. The first-order valence-corrected chi connectivity index (χ1v) is 14.2. The summed E-state index contributed by atoms with van der Waals surface area (Å²) in [6, 6.07) is 0. The molecule has 264 valence electrons. The molecule has 1 rings (SSSR count). The van der Waals surface area contributed by atoms with Gasteiger partial charge in [0.1, 0.15) is 48.9 Å². The van der Waals surface area contributed by atoms with Gasteiger partial charge in [0, 0.05) is 19.6 Å². The highest BCUT2D eigenvalue weighted by molar-refractivity contribution is 5.66. The topological polar surface area (TPSA) is 310 Å². The van der Waals surface area contributed by atoms with E-state index in [1.165, 1.54) is 15.8 Å². The number of nitrogens with zero attached hydrogens (tertiary/aromatic N) is 4. The normalized spacial score (nSPS) is 17.5. The molecule has 0 aliphatic rings. The van der Waals surface area contributed by atoms with Crippen LogP contribution in [0.2, 0.25) is 0 Å². The number of aliphatic carboxylic acids is 1. The van der Waals surface area contributed by atoms with Crippen molar-refractivity contribution in [2.24, 2.45) is 0 Å². The third kappa shape index (κ3) is 16.9. The van der Waals surface area contributed by atoms with Gasteiger partial charge in [-0.25, -0.2) is 4.68 Å². The summed E-state index contributed by atoms with van der Waals surface area (Å²) in [5.74, 6) is -1.03. The van der Waals surface area contributed by atoms with E-state index in [2.05, 4.69) is 10.3 Å². The zero-order chi connectivity index (χ0) is 33.8. The van der Waals surface area contributed by atoms with Crippen LogP contribution in [0.15, 0.2) is 6.20 Å². The molecule has 0 amide bonds. The van der Waals surface area contributed by atoms with E-state index in [4.69, 9.17) is 34.3 Å². The molecule has 1 heterocycles. The largest absolute Gasteiger partial charge is 0.480 e. The molecule has 11 N–H and O–H groups in total. The van der Waals surface area contributed by atoms with Crippen molar-refractivity contribution in [3.63, 3.8) is 0 Å². The number of carbonyl (C=O) groups is 1. The van der Waals surface area contributed by atoms with Gasteiger partial charge in [0.15, 0.2) is 0 Å². The summed E-state index contributed by atoms with van der Waals surface area (Å²) in [6.07, 6.45) is -12.8. The molecule has 0 radical (unpaired) electrons. The molecule has 20 nitrogen and oxygen atoms in total. The maximum Gasteiger partial charge on any atom is 0.325 e. The second-order valence-corrected chi connectivity index (χ2v) is 10.0. The molecule has 0 spiro atoms. The van der Waals surface area contributed by atoms with Gasteiger partial charge in [0.05, 0.1) is 84.5 Å². The Bertz CT molecular complexity index is 871. The minimum Gasteiger partial charge on any atom is -0.480 e. The molecular weight excluding hydrogens is 612 g/mol. The Hall–Kier alpha value is -1.99. The standard InChI is InChI=1S/C25H48N4O16/c30-13-19(34)24(40)22(38)17(32)10-28(11-18(33)23(39)25(41)20(35)14-31)1-2-42-3-4-43-5-6-44-7-8-45-15-16-9-29(27-26-16)12-21(36)37/h9,17-20,22-25,30-35,38-41H,1-8,10-15H2,(H,36,37)/t17-,18-,19+,20+,22+,23+,24+,25+/m0/s1. The third-order valence-electron chi connectivity index (χ3n) is 6.34. The number of hydrogen-bond acceptors (Lipinski definition) is 18. The fraction of sp³-hybridized carbons (Fsp3) is 0.880. The summed E-state index contributed by atoms with van der Waals surface area (Å²) in [6.45, 7) is -1.19. The molecule has 0 aliphatic heterocycles. The molecule has 0 aliphatic carbocycles. The van der Waals surface area contributed by atoms with E-state index in [9.17, 15) is 45.6 Å². The van der Waals surface area contributed by atoms with Gasteiger partial charge in [-0.05, 0) is 0 Å². The lowest BCUT2D eigenvalue weighted by atomic mass is 10.0. The Labute approximate surface area is 259 Å². The third-order valence-corrected chi connectivity index (χ3v) is 6.34. The van der Waals surface area contributed by atoms with Gasteiger partial charge in [-0.2, -0.15) is 0 Å². The highest BCUT2D eigenvalue weighted by atomic mass is 16.6. The molecule has 1 aromatic rings. The Morgan fingerprint density at radius 3 is 1.56 bits per heavy atom. The van der Waals surface area contributed by atoms with Gasteiger partial charge in [-0.1, -0.05) is 5.21 Å². The molecule has 0 unspecified atom stereocenters. The van der Waals surface area contributed by atoms with Gasteiger partial charge in [0.25, 0.3) is 0 Å². The highest BCUT2D eigenvalue weighted by Gasteiger charge is 2.34. The number of carboxylic acid groups (broad SMARTS) is 1. The Morgan fingerprint density at radius 2 is 1.11 bits per heavy atom. The molecule has 0 saturated carbocycles. The number of rotatable bonds is 28.